The van der Waals surface area contributed by atoms with Crippen LogP contribution in [0.15, 0.2) is 48.5 Å². The largest absolute Gasteiger partial charge is 0.486 e. The number of nitrogen functional groups attached to an aromatic ring is 1. The van der Waals surface area contributed by atoms with Crippen LogP contribution in [0.5, 0.6) is 5.75 Å². The second-order valence-electron chi connectivity index (χ2n) is 5.17. The van der Waals surface area contributed by atoms with Crippen LogP contribution in [0.2, 0.25) is 5.02 Å². The summed E-state index contributed by atoms with van der Waals surface area (Å²) in [4.78, 5) is 12.5. The van der Waals surface area contributed by atoms with E-state index in [4.69, 9.17) is 22.1 Å². The number of hydrogen-bond donors (Lipinski definition) is 2. The lowest BCUT2D eigenvalue weighted by atomic mass is 10.2. The van der Waals surface area contributed by atoms with Gasteiger partial charge in [0.25, 0.3) is 0 Å². The van der Waals surface area contributed by atoms with E-state index in [0.29, 0.717) is 22.5 Å². The Morgan fingerprint density at radius 3 is 2.42 bits per heavy atom. The van der Waals surface area contributed by atoms with Gasteiger partial charge in [-0.25, -0.2) is 0 Å². The number of hydrogen-bond acceptors (Lipinski definition) is 6. The van der Waals surface area contributed by atoms with E-state index in [-0.39, 0.29) is 12.6 Å². The van der Waals surface area contributed by atoms with Gasteiger partial charge in [-0.15, -0.1) is 0 Å². The van der Waals surface area contributed by atoms with E-state index in [0.717, 1.165) is 5.69 Å². The second kappa shape index (κ2) is 7.14. The first-order chi connectivity index (χ1) is 11.6. The van der Waals surface area contributed by atoms with Gasteiger partial charge in [0.15, 0.2) is 5.82 Å². The van der Waals surface area contributed by atoms with Crippen molar-refractivity contribution in [2.75, 3.05) is 11.1 Å². The molecule has 0 aliphatic heterocycles. The molecule has 0 saturated heterocycles. The van der Waals surface area contributed by atoms with Crippen LogP contribution in [-0.4, -0.2) is 15.0 Å². The van der Waals surface area contributed by atoms with E-state index < -0.39 is 0 Å². The Balaban J connectivity index is 1.71. The monoisotopic (exact) mass is 341 g/mol. The van der Waals surface area contributed by atoms with Crippen molar-refractivity contribution in [1.82, 2.24) is 15.0 Å². The molecule has 0 atom stereocenters. The molecule has 7 heteroatoms. The normalized spacial score (nSPS) is 10.4. The second-order valence-corrected chi connectivity index (χ2v) is 5.60. The van der Waals surface area contributed by atoms with Crippen molar-refractivity contribution < 1.29 is 4.74 Å². The van der Waals surface area contributed by atoms with E-state index in [1.165, 1.54) is 5.56 Å². The predicted octanol–water partition coefficient (Wildman–Crippen LogP) is 3.74. The number of ether oxygens (including phenoxy) is 1. The summed E-state index contributed by atoms with van der Waals surface area (Å²) in [5, 5.41) is 3.75. The number of halogens is 1. The highest BCUT2D eigenvalue weighted by atomic mass is 35.5. The van der Waals surface area contributed by atoms with Crippen molar-refractivity contribution >= 4 is 29.2 Å². The molecular weight excluding hydrogens is 326 g/mol. The molecule has 1 aromatic heterocycles. The molecule has 122 valence electrons. The summed E-state index contributed by atoms with van der Waals surface area (Å²) in [6, 6.07) is 14.9. The summed E-state index contributed by atoms with van der Waals surface area (Å²) in [5.74, 6) is 1.62. The number of nitrogens with two attached hydrogens (primary N) is 1. The molecule has 3 rings (SSSR count). The van der Waals surface area contributed by atoms with Crippen LogP contribution in [0.4, 0.5) is 17.6 Å². The van der Waals surface area contributed by atoms with Gasteiger partial charge in [0.2, 0.25) is 11.9 Å². The maximum absolute atomic E-state index is 5.84. The number of aromatic nitrogens is 3. The summed E-state index contributed by atoms with van der Waals surface area (Å²) in [6.07, 6.45) is 0. The average molecular weight is 342 g/mol. The Morgan fingerprint density at radius 1 is 1.00 bits per heavy atom. The molecule has 0 saturated carbocycles. The first-order valence-corrected chi connectivity index (χ1v) is 7.69. The zero-order valence-electron chi connectivity index (χ0n) is 13.0. The lowest BCUT2D eigenvalue weighted by molar-refractivity contribution is 0.296. The van der Waals surface area contributed by atoms with Crippen molar-refractivity contribution in [2.45, 2.75) is 13.5 Å². The molecule has 0 radical (unpaired) electrons. The number of aryl methyl sites for hydroxylation is 1. The van der Waals surface area contributed by atoms with Gasteiger partial charge in [0.05, 0.1) is 0 Å². The summed E-state index contributed by atoms with van der Waals surface area (Å²) in [7, 11) is 0. The van der Waals surface area contributed by atoms with Crippen molar-refractivity contribution in [1.29, 1.82) is 0 Å². The molecule has 0 fully saturated rings. The van der Waals surface area contributed by atoms with Crippen molar-refractivity contribution in [3.8, 4) is 5.75 Å². The Labute approximate surface area is 144 Å². The van der Waals surface area contributed by atoms with E-state index in [9.17, 15) is 0 Å². The van der Waals surface area contributed by atoms with Gasteiger partial charge in [-0.2, -0.15) is 15.0 Å². The summed E-state index contributed by atoms with van der Waals surface area (Å²) < 4.78 is 5.63. The fraction of sp³-hybridized carbons (Fsp3) is 0.118. The smallest absolute Gasteiger partial charge is 0.232 e. The Hall–Kier alpha value is -2.86. The highest BCUT2D eigenvalue weighted by molar-refractivity contribution is 6.30. The molecule has 1 heterocycles. The first kappa shape index (κ1) is 16.0. The first-order valence-electron chi connectivity index (χ1n) is 7.31. The maximum Gasteiger partial charge on any atom is 0.232 e. The van der Waals surface area contributed by atoms with E-state index in [1.807, 2.05) is 31.2 Å². The van der Waals surface area contributed by atoms with Gasteiger partial charge in [0.1, 0.15) is 12.4 Å². The highest BCUT2D eigenvalue weighted by Crippen LogP contribution is 2.17. The standard InChI is InChI=1S/C17H16ClN5O/c1-11-2-6-13(7-3-11)20-17-22-15(21-16(19)23-17)10-24-14-8-4-12(18)5-9-14/h2-9H,10H2,1H3,(H3,19,20,21,22,23). The van der Waals surface area contributed by atoms with Crippen LogP contribution < -0.4 is 15.8 Å². The van der Waals surface area contributed by atoms with E-state index >= 15 is 0 Å². The zero-order valence-corrected chi connectivity index (χ0v) is 13.8. The fourth-order valence-electron chi connectivity index (χ4n) is 2.00. The molecule has 24 heavy (non-hydrogen) atoms. The van der Waals surface area contributed by atoms with Gasteiger partial charge >= 0.3 is 0 Å². The SMILES string of the molecule is Cc1ccc(Nc2nc(N)nc(COc3ccc(Cl)cc3)n2)cc1. The van der Waals surface area contributed by atoms with Crippen LogP contribution in [-0.2, 0) is 6.61 Å². The van der Waals surface area contributed by atoms with Crippen LogP contribution in [0.25, 0.3) is 0 Å². The Bertz CT molecular complexity index is 821. The lowest BCUT2D eigenvalue weighted by Gasteiger charge is -2.09. The van der Waals surface area contributed by atoms with Gasteiger partial charge in [0, 0.05) is 10.7 Å². The third kappa shape index (κ3) is 4.33. The summed E-state index contributed by atoms with van der Waals surface area (Å²) in [6.45, 7) is 2.20. The van der Waals surface area contributed by atoms with Crippen LogP contribution >= 0.6 is 11.6 Å². The van der Waals surface area contributed by atoms with Crippen molar-refractivity contribution in [3.05, 3.63) is 64.9 Å². The third-order valence-corrected chi connectivity index (χ3v) is 3.44. The maximum atomic E-state index is 5.84. The number of rotatable bonds is 5. The number of nitrogens with zero attached hydrogens (tertiary/aromatic N) is 3. The molecule has 0 amide bonds. The molecular formula is C17H16ClN5O. The van der Waals surface area contributed by atoms with Gasteiger partial charge in [-0.05, 0) is 43.3 Å². The average Bonchev–Trinajstić information content (AvgIpc) is 2.56. The number of nitrogens with one attached hydrogen (secondary N) is 1. The quantitative estimate of drug-likeness (QED) is 0.735. The molecule has 0 aliphatic rings. The predicted molar refractivity (Wildman–Crippen MR) is 94.5 cm³/mol. The fourth-order valence-corrected chi connectivity index (χ4v) is 2.13. The number of benzene rings is 2. The topological polar surface area (TPSA) is 86.0 Å². The molecule has 2 aromatic carbocycles. The summed E-state index contributed by atoms with van der Waals surface area (Å²) in [5.41, 5.74) is 7.80. The minimum Gasteiger partial charge on any atom is -0.486 e. The van der Waals surface area contributed by atoms with E-state index in [1.54, 1.807) is 24.3 Å². The third-order valence-electron chi connectivity index (χ3n) is 3.19. The van der Waals surface area contributed by atoms with Crippen molar-refractivity contribution in [3.63, 3.8) is 0 Å². The lowest BCUT2D eigenvalue weighted by Crippen LogP contribution is -2.09. The molecule has 3 N–H and O–H groups in total. The molecule has 6 nitrogen and oxygen atoms in total. The molecule has 0 spiro atoms. The van der Waals surface area contributed by atoms with Crippen molar-refractivity contribution in [2.24, 2.45) is 0 Å². The Kier molecular flexibility index (Phi) is 4.77. The minimum atomic E-state index is 0.134. The Morgan fingerprint density at radius 2 is 1.71 bits per heavy atom. The van der Waals surface area contributed by atoms with Crippen LogP contribution in [0, 0.1) is 6.92 Å². The van der Waals surface area contributed by atoms with Crippen LogP contribution in [0.1, 0.15) is 11.4 Å². The molecule has 0 unspecified atom stereocenters. The van der Waals surface area contributed by atoms with Gasteiger partial charge < -0.3 is 15.8 Å². The number of anilines is 3. The molecule has 0 bridgehead atoms. The molecule has 0 aliphatic carbocycles. The minimum absolute atomic E-state index is 0.134. The van der Waals surface area contributed by atoms with E-state index in [2.05, 4.69) is 20.3 Å². The molecule has 3 aromatic rings. The zero-order chi connectivity index (χ0) is 16.9. The van der Waals surface area contributed by atoms with Crippen LogP contribution in [0.3, 0.4) is 0 Å². The van der Waals surface area contributed by atoms with Gasteiger partial charge in [-0.3, -0.25) is 0 Å². The highest BCUT2D eigenvalue weighted by Gasteiger charge is 2.06. The summed E-state index contributed by atoms with van der Waals surface area (Å²) >= 11 is 5.84. The van der Waals surface area contributed by atoms with Gasteiger partial charge in [-0.1, -0.05) is 29.3 Å².